The molecule has 0 aromatic carbocycles. The van der Waals surface area contributed by atoms with Crippen molar-refractivity contribution in [3.05, 3.63) is 35.2 Å². The van der Waals surface area contributed by atoms with E-state index in [1.807, 2.05) is 13.0 Å². The minimum absolute atomic E-state index is 0.0247. The average Bonchev–Trinajstić information content (AvgIpc) is 2.16. The molecule has 3 N–H and O–H groups in total. The Balaban J connectivity index is 2.96. The van der Waals surface area contributed by atoms with Crippen LogP contribution in [-0.2, 0) is 4.79 Å². The van der Waals surface area contributed by atoms with Crippen molar-refractivity contribution in [3.63, 3.8) is 0 Å². The van der Waals surface area contributed by atoms with Gasteiger partial charge in [0.15, 0.2) is 5.82 Å². The molecule has 1 aromatic rings. The predicted molar refractivity (Wildman–Crippen MR) is 61.6 cm³/mol. The predicted octanol–water partition coefficient (Wildman–Crippen LogP) is 1.41. The monoisotopic (exact) mass is 219 g/mol. The summed E-state index contributed by atoms with van der Waals surface area (Å²) in [5, 5.41) is 9.18. The molecule has 0 unspecified atom stereocenters. The van der Waals surface area contributed by atoms with Crippen LogP contribution in [0.15, 0.2) is 34.5 Å². The fourth-order valence-electron chi connectivity index (χ4n) is 1.07. The number of rotatable bonds is 3. The van der Waals surface area contributed by atoms with E-state index in [2.05, 4.69) is 9.98 Å². The highest BCUT2D eigenvalue weighted by molar-refractivity contribution is 6.12. The zero-order valence-corrected chi connectivity index (χ0v) is 9.14. The maximum absolute atomic E-state index is 10.9. The number of aliphatic hydroxyl groups excluding tert-OH is 1. The summed E-state index contributed by atoms with van der Waals surface area (Å²) in [5.41, 5.74) is 5.86. The minimum atomic E-state index is -0.726. The highest BCUT2D eigenvalue weighted by Gasteiger charge is 2.05. The van der Waals surface area contributed by atoms with Crippen LogP contribution in [0.3, 0.4) is 0 Å². The number of aromatic nitrogens is 1. The van der Waals surface area contributed by atoms with E-state index in [1.165, 1.54) is 13.1 Å². The molecule has 0 spiro atoms. The number of amides is 1. The van der Waals surface area contributed by atoms with Gasteiger partial charge in [-0.3, -0.25) is 4.79 Å². The Morgan fingerprint density at radius 2 is 2.25 bits per heavy atom. The van der Waals surface area contributed by atoms with Gasteiger partial charge in [0.1, 0.15) is 5.76 Å². The van der Waals surface area contributed by atoms with Gasteiger partial charge in [0.05, 0.1) is 5.57 Å². The van der Waals surface area contributed by atoms with Crippen molar-refractivity contribution in [2.24, 2.45) is 10.7 Å². The van der Waals surface area contributed by atoms with Gasteiger partial charge in [-0.15, -0.1) is 0 Å². The summed E-state index contributed by atoms with van der Waals surface area (Å²) in [6, 6.07) is 5.32. The summed E-state index contributed by atoms with van der Waals surface area (Å²) in [7, 11) is 0. The first-order valence-electron chi connectivity index (χ1n) is 4.68. The van der Waals surface area contributed by atoms with Crippen molar-refractivity contribution in [1.29, 1.82) is 0 Å². The van der Waals surface area contributed by atoms with Gasteiger partial charge in [0.25, 0.3) is 5.91 Å². The average molecular weight is 219 g/mol. The first-order chi connectivity index (χ1) is 7.50. The Labute approximate surface area is 93.3 Å². The fourth-order valence-corrected chi connectivity index (χ4v) is 1.07. The van der Waals surface area contributed by atoms with Crippen molar-refractivity contribution in [1.82, 2.24) is 4.98 Å². The first kappa shape index (κ1) is 11.9. The number of aryl methyl sites for hydroxylation is 1. The Hall–Kier alpha value is -2.17. The van der Waals surface area contributed by atoms with Crippen LogP contribution in [0.4, 0.5) is 5.82 Å². The van der Waals surface area contributed by atoms with E-state index in [1.54, 1.807) is 12.1 Å². The number of aliphatic hydroxyl groups is 1. The normalized spacial score (nSPS) is 12.6. The molecule has 1 rings (SSSR count). The third-order valence-corrected chi connectivity index (χ3v) is 1.85. The molecule has 84 valence electrons. The van der Waals surface area contributed by atoms with Crippen LogP contribution in [-0.4, -0.2) is 22.2 Å². The lowest BCUT2D eigenvalue weighted by atomic mass is 10.2. The van der Waals surface area contributed by atoms with Crippen LogP contribution in [0.5, 0.6) is 0 Å². The van der Waals surface area contributed by atoms with Crippen LogP contribution < -0.4 is 5.73 Å². The van der Waals surface area contributed by atoms with Gasteiger partial charge >= 0.3 is 0 Å². The van der Waals surface area contributed by atoms with Crippen LogP contribution in [0.2, 0.25) is 0 Å². The van der Waals surface area contributed by atoms with E-state index < -0.39 is 5.91 Å². The van der Waals surface area contributed by atoms with Crippen LogP contribution >= 0.6 is 0 Å². The molecular formula is C11H13N3O2. The number of allylic oxidation sites excluding steroid dienone is 1. The lowest BCUT2D eigenvalue weighted by Crippen LogP contribution is -2.16. The Bertz CT molecular complexity index is 460. The smallest absolute Gasteiger partial charge is 0.253 e. The Kier molecular flexibility index (Phi) is 3.77. The highest BCUT2D eigenvalue weighted by atomic mass is 16.3. The lowest BCUT2D eigenvalue weighted by molar-refractivity contribution is -0.114. The molecule has 0 aliphatic carbocycles. The quantitative estimate of drug-likeness (QED) is 0.457. The summed E-state index contributed by atoms with van der Waals surface area (Å²) in [6.45, 7) is 3.21. The summed E-state index contributed by atoms with van der Waals surface area (Å²) < 4.78 is 0. The number of aliphatic imine (C=N–C) groups is 1. The second-order valence-electron chi connectivity index (χ2n) is 3.26. The minimum Gasteiger partial charge on any atom is -0.512 e. The molecule has 0 bridgehead atoms. The number of carbonyl (C=O) groups is 1. The number of nitrogens with two attached hydrogens (primary N) is 1. The van der Waals surface area contributed by atoms with Crippen molar-refractivity contribution < 1.29 is 9.90 Å². The third-order valence-electron chi connectivity index (χ3n) is 1.85. The SMILES string of the molecule is C/C(O)=C(/C=N/c1cccc(C)n1)C(N)=O. The van der Waals surface area contributed by atoms with Crippen molar-refractivity contribution in [2.75, 3.05) is 0 Å². The molecule has 0 saturated carbocycles. The lowest BCUT2D eigenvalue weighted by Gasteiger charge is -1.98. The van der Waals surface area contributed by atoms with Gasteiger partial charge in [-0.05, 0) is 26.0 Å². The molecule has 0 radical (unpaired) electrons. The number of nitrogens with zero attached hydrogens (tertiary/aromatic N) is 2. The second-order valence-corrected chi connectivity index (χ2v) is 3.26. The van der Waals surface area contributed by atoms with Crippen LogP contribution in [0.25, 0.3) is 0 Å². The summed E-state index contributed by atoms with van der Waals surface area (Å²) in [5.74, 6) is -0.430. The molecule has 0 atom stereocenters. The second kappa shape index (κ2) is 5.06. The van der Waals surface area contributed by atoms with Gasteiger partial charge in [-0.25, -0.2) is 9.98 Å². The molecular weight excluding hydrogens is 206 g/mol. The van der Waals surface area contributed by atoms with Gasteiger partial charge in [-0.2, -0.15) is 0 Å². The van der Waals surface area contributed by atoms with E-state index >= 15 is 0 Å². The molecule has 0 aliphatic rings. The van der Waals surface area contributed by atoms with E-state index in [4.69, 9.17) is 5.73 Å². The molecule has 5 nitrogen and oxygen atoms in total. The molecule has 5 heteroatoms. The number of carbonyl (C=O) groups excluding carboxylic acids is 1. The molecule has 0 fully saturated rings. The highest BCUT2D eigenvalue weighted by Crippen LogP contribution is 2.08. The standard InChI is InChI=1S/C11H13N3O2/c1-7-4-3-5-10(14-7)13-6-9(8(2)15)11(12)16/h3-6,15H,1-2H3,(H2,12,16)/b9-8+,13-6+. The van der Waals surface area contributed by atoms with Gasteiger partial charge in [-0.1, -0.05) is 6.07 Å². The molecule has 16 heavy (non-hydrogen) atoms. The van der Waals surface area contributed by atoms with E-state index in [9.17, 15) is 9.90 Å². The molecule has 0 saturated heterocycles. The summed E-state index contributed by atoms with van der Waals surface area (Å²) in [6.07, 6.45) is 1.21. The fraction of sp³-hybridized carbons (Fsp3) is 0.182. The number of hydrogen-bond acceptors (Lipinski definition) is 4. The molecule has 1 heterocycles. The van der Waals surface area contributed by atoms with E-state index in [-0.39, 0.29) is 11.3 Å². The van der Waals surface area contributed by atoms with Gasteiger partial charge in [0.2, 0.25) is 0 Å². The zero-order chi connectivity index (χ0) is 12.1. The number of hydrogen-bond donors (Lipinski definition) is 2. The number of primary amides is 1. The maximum atomic E-state index is 10.9. The molecule has 0 aliphatic heterocycles. The largest absolute Gasteiger partial charge is 0.512 e. The summed E-state index contributed by atoms with van der Waals surface area (Å²) >= 11 is 0. The van der Waals surface area contributed by atoms with Crippen LogP contribution in [0, 0.1) is 6.92 Å². The van der Waals surface area contributed by atoms with E-state index in [0.29, 0.717) is 5.82 Å². The first-order valence-corrected chi connectivity index (χ1v) is 4.68. The summed E-state index contributed by atoms with van der Waals surface area (Å²) in [4.78, 5) is 19.0. The maximum Gasteiger partial charge on any atom is 0.253 e. The molecule has 1 aromatic heterocycles. The van der Waals surface area contributed by atoms with Crippen molar-refractivity contribution >= 4 is 17.9 Å². The number of pyridine rings is 1. The zero-order valence-electron chi connectivity index (χ0n) is 9.14. The third kappa shape index (κ3) is 3.20. The van der Waals surface area contributed by atoms with E-state index in [0.717, 1.165) is 5.69 Å². The van der Waals surface area contributed by atoms with Crippen molar-refractivity contribution in [3.8, 4) is 0 Å². The Morgan fingerprint density at radius 1 is 1.56 bits per heavy atom. The van der Waals surface area contributed by atoms with Crippen LogP contribution in [0.1, 0.15) is 12.6 Å². The van der Waals surface area contributed by atoms with Crippen molar-refractivity contribution in [2.45, 2.75) is 13.8 Å². The topological polar surface area (TPSA) is 88.6 Å². The van der Waals surface area contributed by atoms with Gasteiger partial charge in [0, 0.05) is 11.9 Å². The van der Waals surface area contributed by atoms with Gasteiger partial charge < -0.3 is 10.8 Å². The molecule has 1 amide bonds. The Morgan fingerprint density at radius 3 is 2.75 bits per heavy atom.